The molecule has 0 spiro atoms. The van der Waals surface area contributed by atoms with Gasteiger partial charge in [-0.2, -0.15) is 0 Å². The number of amides is 1. The van der Waals surface area contributed by atoms with E-state index in [0.29, 0.717) is 5.69 Å². The highest BCUT2D eigenvalue weighted by atomic mass is 16.4. The first kappa shape index (κ1) is 12.8. The van der Waals surface area contributed by atoms with Gasteiger partial charge in [0.2, 0.25) is 5.91 Å². The van der Waals surface area contributed by atoms with E-state index in [0.717, 1.165) is 12.0 Å². The van der Waals surface area contributed by atoms with Gasteiger partial charge in [0, 0.05) is 6.20 Å². The smallest absolute Gasteiger partial charge is 0.307 e. The third-order valence-electron chi connectivity index (χ3n) is 4.19. The Morgan fingerprint density at radius 3 is 2.60 bits per heavy atom. The molecule has 1 fully saturated rings. The molecular formula is C15H16N2O3. The first-order valence-corrected chi connectivity index (χ1v) is 6.70. The average Bonchev–Trinajstić information content (AvgIpc) is 2.98. The standard InChI is InChI=1S/C15H16N2O3/c1-8-4-11(7-16-6-8)17-14(18)12-9-2-3-10(5-9)13(12)15(19)20/h2-4,6-7,9-10,12-13H,5H2,1H3,(H,17,18)(H,19,20). The normalized spacial score (nSPS) is 30.4. The number of nitrogens with one attached hydrogen (secondary N) is 1. The lowest BCUT2D eigenvalue weighted by Crippen LogP contribution is -2.36. The van der Waals surface area contributed by atoms with Gasteiger partial charge >= 0.3 is 5.97 Å². The maximum Gasteiger partial charge on any atom is 0.307 e. The van der Waals surface area contributed by atoms with Gasteiger partial charge in [0.15, 0.2) is 0 Å². The van der Waals surface area contributed by atoms with Crippen LogP contribution in [0.5, 0.6) is 0 Å². The number of carboxylic acids is 1. The Bertz CT molecular complexity index is 597. The Morgan fingerprint density at radius 1 is 1.25 bits per heavy atom. The summed E-state index contributed by atoms with van der Waals surface area (Å²) in [5, 5.41) is 12.1. The van der Waals surface area contributed by atoms with Crippen molar-refractivity contribution in [1.82, 2.24) is 4.98 Å². The summed E-state index contributed by atoms with van der Waals surface area (Å²) < 4.78 is 0. The number of fused-ring (bicyclic) bond motifs is 2. The largest absolute Gasteiger partial charge is 0.481 e. The minimum Gasteiger partial charge on any atom is -0.481 e. The lowest BCUT2D eigenvalue weighted by atomic mass is 9.82. The second-order valence-electron chi connectivity index (χ2n) is 5.58. The van der Waals surface area contributed by atoms with Crippen molar-refractivity contribution in [2.45, 2.75) is 13.3 Å². The van der Waals surface area contributed by atoms with Gasteiger partial charge in [-0.3, -0.25) is 14.6 Å². The van der Waals surface area contributed by atoms with Gasteiger partial charge in [-0.1, -0.05) is 12.2 Å². The second kappa shape index (κ2) is 4.74. The van der Waals surface area contributed by atoms with Crippen molar-refractivity contribution < 1.29 is 14.7 Å². The van der Waals surface area contributed by atoms with E-state index in [1.165, 1.54) is 0 Å². The molecule has 2 N–H and O–H groups in total. The molecule has 0 aliphatic heterocycles. The molecule has 4 atom stereocenters. The molecule has 4 unspecified atom stereocenters. The van der Waals surface area contributed by atoms with E-state index < -0.39 is 17.8 Å². The Balaban J connectivity index is 1.80. The lowest BCUT2D eigenvalue weighted by Gasteiger charge is -2.23. The fourth-order valence-electron chi connectivity index (χ4n) is 3.37. The topological polar surface area (TPSA) is 79.3 Å². The molecule has 1 heterocycles. The Kier molecular flexibility index (Phi) is 3.04. The highest BCUT2D eigenvalue weighted by Crippen LogP contribution is 2.48. The summed E-state index contributed by atoms with van der Waals surface area (Å²) >= 11 is 0. The van der Waals surface area contributed by atoms with Crippen molar-refractivity contribution in [2.24, 2.45) is 23.7 Å². The van der Waals surface area contributed by atoms with E-state index >= 15 is 0 Å². The molecule has 3 rings (SSSR count). The second-order valence-corrected chi connectivity index (χ2v) is 5.58. The van der Waals surface area contributed by atoms with E-state index in [4.69, 9.17) is 0 Å². The highest BCUT2D eigenvalue weighted by Gasteiger charge is 2.51. The van der Waals surface area contributed by atoms with Crippen molar-refractivity contribution in [3.05, 3.63) is 36.2 Å². The van der Waals surface area contributed by atoms with Crippen LogP contribution in [0.1, 0.15) is 12.0 Å². The Hall–Kier alpha value is -2.17. The van der Waals surface area contributed by atoms with Crippen LogP contribution in [0.3, 0.4) is 0 Å². The predicted octanol–water partition coefficient (Wildman–Crippen LogP) is 1.85. The van der Waals surface area contributed by atoms with Crippen molar-refractivity contribution in [1.29, 1.82) is 0 Å². The average molecular weight is 272 g/mol. The summed E-state index contributed by atoms with van der Waals surface area (Å²) in [6, 6.07) is 1.82. The number of rotatable bonds is 3. The minimum atomic E-state index is -0.885. The molecule has 0 radical (unpaired) electrons. The van der Waals surface area contributed by atoms with Gasteiger partial charge < -0.3 is 10.4 Å². The zero-order valence-electron chi connectivity index (χ0n) is 11.1. The van der Waals surface area contributed by atoms with Crippen LogP contribution in [0.4, 0.5) is 5.69 Å². The van der Waals surface area contributed by atoms with Crippen LogP contribution >= 0.6 is 0 Å². The zero-order chi connectivity index (χ0) is 14.3. The summed E-state index contributed by atoms with van der Waals surface area (Å²) in [6.07, 6.45) is 7.95. The van der Waals surface area contributed by atoms with Crippen LogP contribution < -0.4 is 5.32 Å². The molecule has 1 aromatic heterocycles. The van der Waals surface area contributed by atoms with Crippen LogP contribution in [0.2, 0.25) is 0 Å². The zero-order valence-corrected chi connectivity index (χ0v) is 11.1. The highest BCUT2D eigenvalue weighted by molar-refractivity contribution is 5.96. The number of carbonyl (C=O) groups excluding carboxylic acids is 1. The summed E-state index contributed by atoms with van der Waals surface area (Å²) in [5.74, 6) is -2.17. The molecule has 0 aromatic carbocycles. The molecule has 104 valence electrons. The maximum atomic E-state index is 12.4. The minimum absolute atomic E-state index is 0.0103. The molecule has 20 heavy (non-hydrogen) atoms. The van der Waals surface area contributed by atoms with Crippen LogP contribution in [0.25, 0.3) is 0 Å². The van der Waals surface area contributed by atoms with Gasteiger partial charge in [-0.25, -0.2) is 0 Å². The maximum absolute atomic E-state index is 12.4. The molecule has 5 heteroatoms. The van der Waals surface area contributed by atoms with Crippen LogP contribution in [0.15, 0.2) is 30.6 Å². The molecular weight excluding hydrogens is 256 g/mol. The first-order valence-electron chi connectivity index (χ1n) is 6.70. The van der Waals surface area contributed by atoms with Crippen molar-refractivity contribution >= 4 is 17.6 Å². The molecule has 1 amide bonds. The molecule has 5 nitrogen and oxygen atoms in total. The van der Waals surface area contributed by atoms with Crippen molar-refractivity contribution in [3.8, 4) is 0 Å². The van der Waals surface area contributed by atoms with Gasteiger partial charge in [0.1, 0.15) is 0 Å². The number of aryl methyl sites for hydroxylation is 1. The summed E-state index contributed by atoms with van der Waals surface area (Å²) in [4.78, 5) is 27.8. The quantitative estimate of drug-likeness (QED) is 0.823. The number of nitrogens with zero attached hydrogens (tertiary/aromatic N) is 1. The number of aromatic nitrogens is 1. The third kappa shape index (κ3) is 2.09. The van der Waals surface area contributed by atoms with Gasteiger partial charge in [0.05, 0.1) is 23.7 Å². The molecule has 1 saturated carbocycles. The van der Waals surface area contributed by atoms with E-state index in [1.54, 1.807) is 12.4 Å². The van der Waals surface area contributed by atoms with E-state index in [-0.39, 0.29) is 17.7 Å². The van der Waals surface area contributed by atoms with Crippen LogP contribution in [-0.4, -0.2) is 22.0 Å². The Morgan fingerprint density at radius 2 is 1.95 bits per heavy atom. The number of carboxylic acid groups (broad SMARTS) is 1. The Labute approximate surface area is 116 Å². The fraction of sp³-hybridized carbons (Fsp3) is 0.400. The fourth-order valence-corrected chi connectivity index (χ4v) is 3.37. The number of pyridine rings is 1. The number of aliphatic carboxylic acids is 1. The first-order chi connectivity index (χ1) is 9.56. The molecule has 2 bridgehead atoms. The molecule has 0 saturated heterocycles. The van der Waals surface area contributed by atoms with Crippen molar-refractivity contribution in [2.75, 3.05) is 5.32 Å². The van der Waals surface area contributed by atoms with Crippen molar-refractivity contribution in [3.63, 3.8) is 0 Å². The van der Waals surface area contributed by atoms with Crippen LogP contribution in [-0.2, 0) is 9.59 Å². The van der Waals surface area contributed by atoms with Gasteiger partial charge in [0.25, 0.3) is 0 Å². The number of allylic oxidation sites excluding steroid dienone is 2. The molecule has 1 aromatic rings. The third-order valence-corrected chi connectivity index (χ3v) is 4.19. The SMILES string of the molecule is Cc1cncc(NC(=O)C2C3C=CC(C3)C2C(=O)O)c1. The van der Waals surface area contributed by atoms with E-state index in [9.17, 15) is 14.7 Å². The van der Waals surface area contributed by atoms with Crippen LogP contribution in [0, 0.1) is 30.6 Å². The summed E-state index contributed by atoms with van der Waals surface area (Å²) in [6.45, 7) is 1.89. The summed E-state index contributed by atoms with van der Waals surface area (Å²) in [5.41, 5.74) is 1.57. The molecule has 2 aliphatic rings. The van der Waals surface area contributed by atoms with E-state index in [2.05, 4.69) is 10.3 Å². The molecule has 2 aliphatic carbocycles. The number of anilines is 1. The monoisotopic (exact) mass is 272 g/mol. The number of hydrogen-bond acceptors (Lipinski definition) is 3. The summed E-state index contributed by atoms with van der Waals surface area (Å²) in [7, 11) is 0. The number of hydrogen-bond donors (Lipinski definition) is 2. The number of carbonyl (C=O) groups is 2. The van der Waals surface area contributed by atoms with Gasteiger partial charge in [-0.15, -0.1) is 0 Å². The lowest BCUT2D eigenvalue weighted by molar-refractivity contribution is -0.146. The predicted molar refractivity (Wildman–Crippen MR) is 73.0 cm³/mol. The van der Waals surface area contributed by atoms with E-state index in [1.807, 2.05) is 25.1 Å². The van der Waals surface area contributed by atoms with Gasteiger partial charge in [-0.05, 0) is 36.8 Å².